The van der Waals surface area contributed by atoms with Gasteiger partial charge in [-0.25, -0.2) is 0 Å². The third kappa shape index (κ3) is 2.99. The second kappa shape index (κ2) is 5.83. The molecule has 2 heterocycles. The summed E-state index contributed by atoms with van der Waals surface area (Å²) in [6.45, 7) is 5.78. The number of rotatable bonds is 2. The van der Waals surface area contributed by atoms with E-state index >= 15 is 0 Å². The first kappa shape index (κ1) is 12.8. The number of hydrogen-bond acceptors (Lipinski definition) is 3. The van der Waals surface area contributed by atoms with Crippen LogP contribution in [0.1, 0.15) is 26.2 Å². The topological polar surface area (TPSA) is 41.6 Å². The van der Waals surface area contributed by atoms with Gasteiger partial charge in [0.15, 0.2) is 0 Å². The third-order valence-electron chi connectivity index (χ3n) is 4.15. The molecule has 2 aliphatic rings. The van der Waals surface area contributed by atoms with Crippen LogP contribution >= 0.6 is 0 Å². The average Bonchev–Trinajstić information content (AvgIpc) is 2.39. The van der Waals surface area contributed by atoms with Crippen LogP contribution in [0.5, 0.6) is 0 Å². The molecule has 4 nitrogen and oxygen atoms in total. The molecule has 1 N–H and O–H groups in total. The summed E-state index contributed by atoms with van der Waals surface area (Å²) in [6.07, 6.45) is 3.43. The summed E-state index contributed by atoms with van der Waals surface area (Å²) in [5, 5.41) is 3.31. The van der Waals surface area contributed by atoms with E-state index in [2.05, 4.69) is 12.2 Å². The Bertz CT molecular complexity index is 264. The van der Waals surface area contributed by atoms with Crippen LogP contribution < -0.4 is 5.32 Å². The number of likely N-dealkylation sites (tertiary alicyclic amines) is 1. The lowest BCUT2D eigenvalue weighted by atomic mass is 9.92. The fourth-order valence-electron chi connectivity index (χ4n) is 2.86. The van der Waals surface area contributed by atoms with Gasteiger partial charge < -0.3 is 15.0 Å². The van der Waals surface area contributed by atoms with Crippen molar-refractivity contribution in [2.75, 3.05) is 33.3 Å². The van der Waals surface area contributed by atoms with Crippen molar-refractivity contribution in [1.29, 1.82) is 0 Å². The molecule has 0 bridgehead atoms. The summed E-state index contributed by atoms with van der Waals surface area (Å²) < 4.78 is 5.46. The first-order valence-electron chi connectivity index (χ1n) is 6.74. The molecule has 0 aliphatic carbocycles. The molecule has 0 radical (unpaired) electrons. The van der Waals surface area contributed by atoms with Gasteiger partial charge in [-0.15, -0.1) is 0 Å². The highest BCUT2D eigenvalue weighted by Gasteiger charge is 2.32. The minimum Gasteiger partial charge on any atom is -0.379 e. The highest BCUT2D eigenvalue weighted by atomic mass is 16.5. The summed E-state index contributed by atoms with van der Waals surface area (Å²) >= 11 is 0. The molecular formula is C13H24N2O2. The maximum atomic E-state index is 12.4. The molecule has 2 saturated heterocycles. The predicted octanol–water partition coefficient (Wildman–Crippen LogP) is 0.869. The van der Waals surface area contributed by atoms with Crippen molar-refractivity contribution in [3.63, 3.8) is 0 Å². The minimum absolute atomic E-state index is 0.190. The summed E-state index contributed by atoms with van der Waals surface area (Å²) in [5.74, 6) is 1.08. The number of nitrogens with one attached hydrogen (secondary N) is 1. The van der Waals surface area contributed by atoms with Crippen molar-refractivity contribution in [3.8, 4) is 0 Å². The van der Waals surface area contributed by atoms with Crippen molar-refractivity contribution < 1.29 is 9.53 Å². The molecule has 2 rings (SSSR count). The first-order chi connectivity index (χ1) is 8.22. The van der Waals surface area contributed by atoms with Gasteiger partial charge in [-0.05, 0) is 31.7 Å². The monoisotopic (exact) mass is 240 g/mol. The summed E-state index contributed by atoms with van der Waals surface area (Å²) in [5.41, 5.74) is 0. The highest BCUT2D eigenvalue weighted by Crippen LogP contribution is 2.22. The molecule has 0 spiro atoms. The van der Waals surface area contributed by atoms with E-state index in [-0.39, 0.29) is 12.0 Å². The van der Waals surface area contributed by atoms with Crippen LogP contribution in [0.2, 0.25) is 0 Å². The Labute approximate surface area is 104 Å². The normalized spacial score (nSPS) is 34.7. The fourth-order valence-corrected chi connectivity index (χ4v) is 2.86. The molecule has 0 saturated carbocycles. The van der Waals surface area contributed by atoms with Gasteiger partial charge in [0.25, 0.3) is 0 Å². The van der Waals surface area contributed by atoms with E-state index < -0.39 is 0 Å². The number of nitrogens with zero attached hydrogens (tertiary/aromatic N) is 1. The molecule has 0 aromatic heterocycles. The SMILES string of the molecule is COC1CN(C(=O)C2CCCNC2)CCC1C. The standard InChI is InChI=1S/C13H24N2O2/c1-10-5-7-15(9-12(10)17-2)13(16)11-4-3-6-14-8-11/h10-12,14H,3-9H2,1-2H3. The number of amides is 1. The van der Waals surface area contributed by atoms with Crippen LogP contribution in [-0.4, -0.2) is 50.2 Å². The number of methoxy groups -OCH3 is 1. The Morgan fingerprint density at radius 3 is 2.88 bits per heavy atom. The molecular weight excluding hydrogens is 216 g/mol. The van der Waals surface area contributed by atoms with E-state index in [0.29, 0.717) is 11.8 Å². The Kier molecular flexibility index (Phi) is 4.40. The second-order valence-electron chi connectivity index (χ2n) is 5.37. The molecule has 0 aromatic carbocycles. The highest BCUT2D eigenvalue weighted by molar-refractivity contribution is 5.79. The average molecular weight is 240 g/mol. The van der Waals surface area contributed by atoms with Crippen molar-refractivity contribution in [2.45, 2.75) is 32.3 Å². The second-order valence-corrected chi connectivity index (χ2v) is 5.37. The maximum Gasteiger partial charge on any atom is 0.227 e. The Morgan fingerprint density at radius 1 is 1.41 bits per heavy atom. The molecule has 2 fully saturated rings. The van der Waals surface area contributed by atoms with E-state index in [1.807, 2.05) is 4.90 Å². The molecule has 3 unspecified atom stereocenters. The van der Waals surface area contributed by atoms with E-state index in [0.717, 1.165) is 45.4 Å². The summed E-state index contributed by atoms with van der Waals surface area (Å²) in [4.78, 5) is 14.4. The van der Waals surface area contributed by atoms with Gasteiger partial charge >= 0.3 is 0 Å². The van der Waals surface area contributed by atoms with Crippen molar-refractivity contribution in [1.82, 2.24) is 10.2 Å². The van der Waals surface area contributed by atoms with Crippen molar-refractivity contribution in [3.05, 3.63) is 0 Å². The third-order valence-corrected chi connectivity index (χ3v) is 4.15. The molecule has 3 atom stereocenters. The van der Waals surface area contributed by atoms with Crippen molar-refractivity contribution in [2.24, 2.45) is 11.8 Å². The minimum atomic E-state index is 0.190. The first-order valence-corrected chi connectivity index (χ1v) is 6.74. The summed E-state index contributed by atoms with van der Waals surface area (Å²) in [7, 11) is 1.75. The van der Waals surface area contributed by atoms with Gasteiger partial charge in [-0.2, -0.15) is 0 Å². The molecule has 2 aliphatic heterocycles. The lowest BCUT2D eigenvalue weighted by Gasteiger charge is -2.38. The molecule has 17 heavy (non-hydrogen) atoms. The number of piperidine rings is 2. The van der Waals surface area contributed by atoms with Gasteiger partial charge in [-0.1, -0.05) is 6.92 Å². The van der Waals surface area contributed by atoms with E-state index in [4.69, 9.17) is 4.74 Å². The van der Waals surface area contributed by atoms with E-state index in [1.54, 1.807) is 7.11 Å². The van der Waals surface area contributed by atoms with Gasteiger partial charge in [0.1, 0.15) is 0 Å². The smallest absolute Gasteiger partial charge is 0.227 e. The quantitative estimate of drug-likeness (QED) is 0.778. The lowest BCUT2D eigenvalue weighted by molar-refractivity contribution is -0.141. The van der Waals surface area contributed by atoms with Gasteiger partial charge in [0.2, 0.25) is 5.91 Å². The van der Waals surface area contributed by atoms with Crippen LogP contribution in [-0.2, 0) is 9.53 Å². The largest absolute Gasteiger partial charge is 0.379 e. The van der Waals surface area contributed by atoms with Crippen LogP contribution in [0, 0.1) is 11.8 Å². The zero-order valence-corrected chi connectivity index (χ0v) is 10.9. The summed E-state index contributed by atoms with van der Waals surface area (Å²) in [6, 6.07) is 0. The van der Waals surface area contributed by atoms with E-state index in [9.17, 15) is 4.79 Å². The Balaban J connectivity index is 1.90. The van der Waals surface area contributed by atoms with Crippen molar-refractivity contribution >= 4 is 5.91 Å². The fraction of sp³-hybridized carbons (Fsp3) is 0.923. The maximum absolute atomic E-state index is 12.4. The Morgan fingerprint density at radius 2 is 2.24 bits per heavy atom. The molecule has 0 aromatic rings. The van der Waals surface area contributed by atoms with Crippen LogP contribution in [0.15, 0.2) is 0 Å². The zero-order valence-electron chi connectivity index (χ0n) is 10.9. The Hall–Kier alpha value is -0.610. The van der Waals surface area contributed by atoms with Gasteiger partial charge in [-0.3, -0.25) is 4.79 Å². The van der Waals surface area contributed by atoms with Crippen LogP contribution in [0.3, 0.4) is 0 Å². The number of ether oxygens (including phenoxy) is 1. The molecule has 1 amide bonds. The van der Waals surface area contributed by atoms with Crippen LogP contribution in [0.25, 0.3) is 0 Å². The van der Waals surface area contributed by atoms with Crippen LogP contribution in [0.4, 0.5) is 0 Å². The number of carbonyl (C=O) groups excluding carboxylic acids is 1. The number of hydrogen-bond donors (Lipinski definition) is 1. The van der Waals surface area contributed by atoms with Gasteiger partial charge in [0.05, 0.1) is 12.0 Å². The zero-order chi connectivity index (χ0) is 12.3. The lowest BCUT2D eigenvalue weighted by Crippen LogP contribution is -2.50. The van der Waals surface area contributed by atoms with E-state index in [1.165, 1.54) is 0 Å². The molecule has 98 valence electrons. The van der Waals surface area contributed by atoms with Gasteiger partial charge in [0, 0.05) is 26.7 Å². The predicted molar refractivity (Wildman–Crippen MR) is 66.8 cm³/mol. The molecule has 4 heteroatoms. The number of carbonyl (C=O) groups is 1.